The summed E-state index contributed by atoms with van der Waals surface area (Å²) in [4.78, 5) is 27.0. The van der Waals surface area contributed by atoms with E-state index in [9.17, 15) is 14.9 Å². The van der Waals surface area contributed by atoms with Gasteiger partial charge in [-0.05, 0) is 18.2 Å². The largest absolute Gasteiger partial charge is 0.298 e. The minimum atomic E-state index is -0.455. The SMILES string of the molecule is O=C(/C=C/c1cnn(-c2ccccc2)c1)Nc1nc(-c2cccc([N+](=O)[O-])c2)cs1. The number of carbonyl (C=O) groups is 1. The van der Waals surface area contributed by atoms with Crippen LogP contribution in [0.4, 0.5) is 10.8 Å². The minimum Gasteiger partial charge on any atom is -0.298 e. The van der Waals surface area contributed by atoms with E-state index in [2.05, 4.69) is 15.4 Å². The van der Waals surface area contributed by atoms with Gasteiger partial charge in [0, 0.05) is 40.9 Å². The maximum Gasteiger partial charge on any atom is 0.270 e. The molecule has 0 aliphatic rings. The third-order valence-electron chi connectivity index (χ3n) is 4.14. The smallest absolute Gasteiger partial charge is 0.270 e. The number of amides is 1. The zero-order valence-electron chi connectivity index (χ0n) is 15.5. The lowest BCUT2D eigenvalue weighted by molar-refractivity contribution is -0.384. The fraction of sp³-hybridized carbons (Fsp3) is 0. The van der Waals surface area contributed by atoms with Crippen LogP contribution >= 0.6 is 11.3 Å². The van der Waals surface area contributed by atoms with E-state index in [1.165, 1.54) is 29.5 Å². The average Bonchev–Trinajstić information content (AvgIpc) is 3.43. The Labute approximate surface area is 175 Å². The van der Waals surface area contributed by atoms with Crippen molar-refractivity contribution in [1.82, 2.24) is 14.8 Å². The highest BCUT2D eigenvalue weighted by atomic mass is 32.1. The van der Waals surface area contributed by atoms with Crippen LogP contribution in [0, 0.1) is 10.1 Å². The molecule has 8 nitrogen and oxygen atoms in total. The zero-order chi connectivity index (χ0) is 20.9. The van der Waals surface area contributed by atoms with Crippen molar-refractivity contribution < 1.29 is 9.72 Å². The molecule has 148 valence electrons. The van der Waals surface area contributed by atoms with Crippen LogP contribution < -0.4 is 5.32 Å². The second-order valence-electron chi connectivity index (χ2n) is 6.22. The van der Waals surface area contributed by atoms with Gasteiger partial charge in [-0.1, -0.05) is 30.3 Å². The molecule has 0 aliphatic heterocycles. The van der Waals surface area contributed by atoms with Crippen LogP contribution in [0.5, 0.6) is 0 Å². The van der Waals surface area contributed by atoms with Crippen molar-refractivity contribution in [2.24, 2.45) is 0 Å². The summed E-state index contributed by atoms with van der Waals surface area (Å²) in [6.07, 6.45) is 6.56. The third kappa shape index (κ3) is 4.47. The summed E-state index contributed by atoms with van der Waals surface area (Å²) in [7, 11) is 0. The average molecular weight is 417 g/mol. The Kier molecular flexibility index (Phi) is 5.44. The quantitative estimate of drug-likeness (QED) is 0.281. The number of thiazole rings is 1. The summed E-state index contributed by atoms with van der Waals surface area (Å²) in [6.45, 7) is 0. The number of nitro benzene ring substituents is 1. The Balaban J connectivity index is 1.41. The van der Waals surface area contributed by atoms with Gasteiger partial charge >= 0.3 is 0 Å². The van der Waals surface area contributed by atoms with E-state index in [1.54, 1.807) is 34.5 Å². The van der Waals surface area contributed by atoms with Gasteiger partial charge < -0.3 is 0 Å². The Morgan fingerprint density at radius 1 is 1.17 bits per heavy atom. The van der Waals surface area contributed by atoms with Crippen LogP contribution in [-0.4, -0.2) is 25.6 Å². The normalized spacial score (nSPS) is 10.9. The molecular weight excluding hydrogens is 402 g/mol. The third-order valence-corrected chi connectivity index (χ3v) is 4.90. The highest BCUT2D eigenvalue weighted by Gasteiger charge is 2.11. The number of carbonyl (C=O) groups excluding carboxylic acids is 1. The molecule has 1 N–H and O–H groups in total. The van der Waals surface area contributed by atoms with Gasteiger partial charge in [-0.25, -0.2) is 9.67 Å². The molecule has 1 amide bonds. The number of nitrogens with zero attached hydrogens (tertiary/aromatic N) is 4. The molecule has 4 rings (SSSR count). The summed E-state index contributed by atoms with van der Waals surface area (Å²) in [5.41, 5.74) is 2.88. The lowest BCUT2D eigenvalue weighted by Gasteiger charge is -1.98. The van der Waals surface area contributed by atoms with E-state index in [0.717, 1.165) is 11.3 Å². The van der Waals surface area contributed by atoms with E-state index in [0.29, 0.717) is 16.4 Å². The first kappa shape index (κ1) is 19.2. The van der Waals surface area contributed by atoms with E-state index < -0.39 is 4.92 Å². The predicted molar refractivity (Wildman–Crippen MR) is 115 cm³/mol. The highest BCUT2D eigenvalue weighted by molar-refractivity contribution is 7.14. The molecule has 0 unspecified atom stereocenters. The molecule has 9 heteroatoms. The monoisotopic (exact) mass is 417 g/mol. The number of para-hydroxylation sites is 1. The van der Waals surface area contributed by atoms with Gasteiger partial charge in [0.1, 0.15) is 0 Å². The molecule has 30 heavy (non-hydrogen) atoms. The van der Waals surface area contributed by atoms with Gasteiger partial charge in [-0.3, -0.25) is 20.2 Å². The maximum atomic E-state index is 12.2. The van der Waals surface area contributed by atoms with Crippen LogP contribution in [0.25, 0.3) is 23.0 Å². The predicted octanol–water partition coefficient (Wildman–Crippen LogP) is 4.56. The first-order chi connectivity index (χ1) is 14.6. The summed E-state index contributed by atoms with van der Waals surface area (Å²) in [5.74, 6) is -0.331. The molecule has 0 bridgehead atoms. The molecule has 0 radical (unpaired) electrons. The second kappa shape index (κ2) is 8.50. The number of benzene rings is 2. The van der Waals surface area contributed by atoms with E-state index >= 15 is 0 Å². The first-order valence-corrected chi connectivity index (χ1v) is 9.76. The molecule has 2 aromatic carbocycles. The molecule has 2 heterocycles. The molecule has 0 saturated heterocycles. The van der Waals surface area contributed by atoms with Crippen LogP contribution in [0.15, 0.2) is 78.4 Å². The first-order valence-electron chi connectivity index (χ1n) is 8.88. The van der Waals surface area contributed by atoms with Gasteiger partial charge in [0.05, 0.1) is 22.5 Å². The van der Waals surface area contributed by atoms with E-state index in [1.807, 2.05) is 36.5 Å². The van der Waals surface area contributed by atoms with Crippen LogP contribution in [-0.2, 0) is 4.79 Å². The lowest BCUT2D eigenvalue weighted by atomic mass is 10.1. The number of nitrogens with one attached hydrogen (secondary N) is 1. The van der Waals surface area contributed by atoms with Gasteiger partial charge in [-0.15, -0.1) is 11.3 Å². The standard InChI is InChI=1S/C21H15N5O3S/c27-20(10-9-15-12-22-25(13-15)17-6-2-1-3-7-17)24-21-23-19(14-30-21)16-5-4-8-18(11-16)26(28)29/h1-14H,(H,23,24,27)/b10-9+. The minimum absolute atomic E-state index is 0.00920. The fourth-order valence-corrected chi connectivity index (χ4v) is 3.43. The summed E-state index contributed by atoms with van der Waals surface area (Å²) in [5, 5.41) is 20.0. The number of non-ortho nitro benzene ring substituents is 1. The number of anilines is 1. The molecule has 0 aliphatic carbocycles. The summed E-state index contributed by atoms with van der Waals surface area (Å²) in [6, 6.07) is 15.9. The lowest BCUT2D eigenvalue weighted by Crippen LogP contribution is -2.07. The van der Waals surface area contributed by atoms with Gasteiger partial charge in [0.25, 0.3) is 5.69 Å². The molecule has 4 aromatic rings. The Morgan fingerprint density at radius 2 is 2.00 bits per heavy atom. The summed E-state index contributed by atoms with van der Waals surface area (Å²) < 4.78 is 1.73. The molecule has 0 atom stereocenters. The Morgan fingerprint density at radius 3 is 2.80 bits per heavy atom. The zero-order valence-corrected chi connectivity index (χ0v) is 16.3. The van der Waals surface area contributed by atoms with Crippen LogP contribution in [0.2, 0.25) is 0 Å². The van der Waals surface area contributed by atoms with Gasteiger partial charge in [-0.2, -0.15) is 5.10 Å². The molecular formula is C21H15N5O3S. The van der Waals surface area contributed by atoms with E-state index in [4.69, 9.17) is 0 Å². The molecule has 0 saturated carbocycles. The molecule has 2 aromatic heterocycles. The number of aromatic nitrogens is 3. The fourth-order valence-electron chi connectivity index (χ4n) is 2.71. The number of hydrogen-bond acceptors (Lipinski definition) is 6. The van der Waals surface area contributed by atoms with Crippen molar-refractivity contribution in [2.45, 2.75) is 0 Å². The second-order valence-corrected chi connectivity index (χ2v) is 7.08. The van der Waals surface area contributed by atoms with Crippen molar-refractivity contribution in [3.8, 4) is 16.9 Å². The molecule has 0 spiro atoms. The van der Waals surface area contributed by atoms with Crippen molar-refractivity contribution >= 4 is 34.1 Å². The Bertz CT molecular complexity index is 1230. The number of nitro groups is 1. The van der Waals surface area contributed by atoms with Crippen molar-refractivity contribution in [3.05, 3.63) is 94.1 Å². The van der Waals surface area contributed by atoms with Crippen LogP contribution in [0.3, 0.4) is 0 Å². The van der Waals surface area contributed by atoms with Crippen molar-refractivity contribution in [3.63, 3.8) is 0 Å². The maximum absolute atomic E-state index is 12.2. The van der Waals surface area contributed by atoms with E-state index in [-0.39, 0.29) is 11.6 Å². The van der Waals surface area contributed by atoms with Gasteiger partial charge in [0.15, 0.2) is 5.13 Å². The number of rotatable bonds is 6. The highest BCUT2D eigenvalue weighted by Crippen LogP contribution is 2.27. The Hall–Kier alpha value is -4.11. The van der Waals surface area contributed by atoms with Crippen LogP contribution in [0.1, 0.15) is 5.56 Å². The summed E-state index contributed by atoms with van der Waals surface area (Å²) >= 11 is 1.25. The van der Waals surface area contributed by atoms with Crippen molar-refractivity contribution in [1.29, 1.82) is 0 Å². The van der Waals surface area contributed by atoms with Crippen molar-refractivity contribution in [2.75, 3.05) is 5.32 Å². The molecule has 0 fully saturated rings. The number of hydrogen-bond donors (Lipinski definition) is 1. The van der Waals surface area contributed by atoms with Gasteiger partial charge in [0.2, 0.25) is 5.91 Å². The topological polar surface area (TPSA) is 103 Å².